The van der Waals surface area contributed by atoms with Gasteiger partial charge in [-0.1, -0.05) is 6.07 Å². The second-order valence-electron chi connectivity index (χ2n) is 4.66. The summed E-state index contributed by atoms with van der Waals surface area (Å²) in [5.74, 6) is -1.44. The maximum Gasteiger partial charge on any atom is 0.308 e. The lowest BCUT2D eigenvalue weighted by Crippen LogP contribution is -2.29. The van der Waals surface area contributed by atoms with Crippen LogP contribution in [0.25, 0.3) is 5.52 Å². The van der Waals surface area contributed by atoms with Gasteiger partial charge in [0.1, 0.15) is 0 Å². The Morgan fingerprint density at radius 3 is 2.95 bits per heavy atom. The van der Waals surface area contributed by atoms with Gasteiger partial charge in [-0.25, -0.2) is 4.52 Å². The number of pyridine rings is 1. The summed E-state index contributed by atoms with van der Waals surface area (Å²) in [5, 5.41) is 13.1. The Morgan fingerprint density at radius 1 is 1.37 bits per heavy atom. The van der Waals surface area contributed by atoms with Crippen LogP contribution in [0, 0.1) is 5.92 Å². The quantitative estimate of drug-likeness (QED) is 0.868. The van der Waals surface area contributed by atoms with Gasteiger partial charge in [0.15, 0.2) is 0 Å². The first-order valence-electron chi connectivity index (χ1n) is 6.11. The predicted octanol–water partition coefficient (Wildman–Crippen LogP) is 0.881. The molecule has 0 bridgehead atoms. The van der Waals surface area contributed by atoms with Crippen molar-refractivity contribution in [3.8, 4) is 0 Å². The lowest BCUT2D eigenvalue weighted by Gasteiger charge is -2.14. The topological polar surface area (TPSA) is 74.9 Å². The first-order chi connectivity index (χ1) is 9.16. The summed E-state index contributed by atoms with van der Waals surface area (Å²) in [6.07, 6.45) is 3.82. The molecular formula is C13H13N3O3. The van der Waals surface area contributed by atoms with Crippen LogP contribution in [0.4, 0.5) is 0 Å². The number of carbonyl (C=O) groups excluding carboxylic acids is 1. The Morgan fingerprint density at radius 2 is 2.21 bits per heavy atom. The average molecular weight is 259 g/mol. The van der Waals surface area contributed by atoms with E-state index in [4.69, 9.17) is 5.11 Å². The highest BCUT2D eigenvalue weighted by Gasteiger charge is 2.32. The molecule has 3 heterocycles. The molecule has 2 aromatic rings. The van der Waals surface area contributed by atoms with E-state index in [1.165, 1.54) is 6.20 Å². The molecule has 2 aromatic heterocycles. The number of aromatic nitrogens is 2. The second-order valence-corrected chi connectivity index (χ2v) is 4.66. The third kappa shape index (κ3) is 1.95. The second kappa shape index (κ2) is 4.38. The third-order valence-electron chi connectivity index (χ3n) is 3.48. The molecular weight excluding hydrogens is 246 g/mol. The zero-order chi connectivity index (χ0) is 13.4. The van der Waals surface area contributed by atoms with Crippen molar-refractivity contribution in [2.24, 2.45) is 5.92 Å². The largest absolute Gasteiger partial charge is 0.481 e. The van der Waals surface area contributed by atoms with Crippen LogP contribution >= 0.6 is 0 Å². The van der Waals surface area contributed by atoms with E-state index in [2.05, 4.69) is 5.10 Å². The fourth-order valence-corrected chi connectivity index (χ4v) is 2.42. The van der Waals surface area contributed by atoms with Crippen molar-refractivity contribution in [3.63, 3.8) is 0 Å². The Bertz CT molecular complexity index is 649. The van der Waals surface area contributed by atoms with Crippen LogP contribution in [0.3, 0.4) is 0 Å². The maximum atomic E-state index is 12.4. The minimum atomic E-state index is -0.838. The van der Waals surface area contributed by atoms with Crippen LogP contribution in [-0.2, 0) is 4.79 Å². The highest BCUT2D eigenvalue weighted by molar-refractivity contribution is 6.00. The van der Waals surface area contributed by atoms with Gasteiger partial charge in [-0.2, -0.15) is 5.10 Å². The monoisotopic (exact) mass is 259 g/mol. The van der Waals surface area contributed by atoms with Gasteiger partial charge in [-0.3, -0.25) is 9.59 Å². The van der Waals surface area contributed by atoms with Crippen LogP contribution < -0.4 is 0 Å². The van der Waals surface area contributed by atoms with Crippen molar-refractivity contribution < 1.29 is 14.7 Å². The molecule has 0 radical (unpaired) electrons. The van der Waals surface area contributed by atoms with Gasteiger partial charge >= 0.3 is 5.97 Å². The van der Waals surface area contributed by atoms with Crippen molar-refractivity contribution in [1.82, 2.24) is 14.5 Å². The molecule has 1 amide bonds. The number of fused-ring (bicyclic) bond motifs is 1. The number of amides is 1. The number of hydrogen-bond acceptors (Lipinski definition) is 3. The van der Waals surface area contributed by atoms with Gasteiger partial charge < -0.3 is 10.0 Å². The number of aliphatic carboxylic acids is 1. The lowest BCUT2D eigenvalue weighted by molar-refractivity contribution is -0.141. The molecule has 6 heteroatoms. The van der Waals surface area contributed by atoms with Gasteiger partial charge in [0.25, 0.3) is 5.91 Å². The van der Waals surface area contributed by atoms with Crippen molar-refractivity contribution in [3.05, 3.63) is 36.2 Å². The summed E-state index contributed by atoms with van der Waals surface area (Å²) in [6.45, 7) is 0.762. The van der Waals surface area contributed by atoms with Crippen molar-refractivity contribution in [2.45, 2.75) is 6.42 Å². The van der Waals surface area contributed by atoms with E-state index in [-0.39, 0.29) is 12.5 Å². The van der Waals surface area contributed by atoms with Gasteiger partial charge in [0, 0.05) is 19.3 Å². The molecule has 1 aliphatic heterocycles. The zero-order valence-electron chi connectivity index (χ0n) is 10.2. The van der Waals surface area contributed by atoms with Crippen LogP contribution in [0.5, 0.6) is 0 Å². The summed E-state index contributed by atoms with van der Waals surface area (Å²) >= 11 is 0. The fraction of sp³-hybridized carbons (Fsp3) is 0.308. The van der Waals surface area contributed by atoms with Gasteiger partial charge in [0.05, 0.1) is 23.2 Å². The number of nitrogens with zero attached hydrogens (tertiary/aromatic N) is 3. The lowest BCUT2D eigenvalue weighted by atomic mass is 10.1. The number of carboxylic acids is 1. The van der Waals surface area contributed by atoms with Gasteiger partial charge in [0.2, 0.25) is 0 Å². The Labute approximate surface area is 109 Å². The van der Waals surface area contributed by atoms with E-state index in [0.717, 1.165) is 5.52 Å². The van der Waals surface area contributed by atoms with Crippen LogP contribution in [-0.4, -0.2) is 44.6 Å². The molecule has 1 aliphatic rings. The molecule has 98 valence electrons. The minimum Gasteiger partial charge on any atom is -0.481 e. The molecule has 0 spiro atoms. The molecule has 1 saturated heterocycles. The van der Waals surface area contributed by atoms with E-state index >= 15 is 0 Å². The standard InChI is InChI=1S/C13H13N3O3/c17-12(15-6-4-9(8-15)13(18)19)10-7-14-16-5-2-1-3-11(10)16/h1-3,5,7,9H,4,6,8H2,(H,18,19). The molecule has 1 fully saturated rings. The first-order valence-corrected chi connectivity index (χ1v) is 6.11. The normalized spacial score (nSPS) is 18.9. The SMILES string of the molecule is O=C(O)C1CCN(C(=O)c2cnn3ccccc23)C1. The number of likely N-dealkylation sites (tertiary alicyclic amines) is 1. The highest BCUT2D eigenvalue weighted by atomic mass is 16.4. The molecule has 1 N–H and O–H groups in total. The third-order valence-corrected chi connectivity index (χ3v) is 3.48. The number of carbonyl (C=O) groups is 2. The van der Waals surface area contributed by atoms with E-state index in [0.29, 0.717) is 18.5 Å². The Kier molecular flexibility index (Phi) is 2.70. The van der Waals surface area contributed by atoms with E-state index in [1.54, 1.807) is 15.6 Å². The van der Waals surface area contributed by atoms with E-state index in [9.17, 15) is 9.59 Å². The molecule has 0 aromatic carbocycles. The summed E-state index contributed by atoms with van der Waals surface area (Å²) in [4.78, 5) is 24.9. The van der Waals surface area contributed by atoms with E-state index in [1.807, 2.05) is 18.2 Å². The molecule has 1 atom stereocenters. The number of rotatable bonds is 2. The van der Waals surface area contributed by atoms with Gasteiger partial charge in [-0.05, 0) is 18.6 Å². The summed E-state index contributed by atoms with van der Waals surface area (Å²) < 4.78 is 1.64. The Hall–Kier alpha value is -2.37. The van der Waals surface area contributed by atoms with Crippen LogP contribution in [0.15, 0.2) is 30.6 Å². The fourth-order valence-electron chi connectivity index (χ4n) is 2.42. The van der Waals surface area contributed by atoms with Crippen LogP contribution in [0.2, 0.25) is 0 Å². The zero-order valence-corrected chi connectivity index (χ0v) is 10.2. The molecule has 1 unspecified atom stereocenters. The minimum absolute atomic E-state index is 0.148. The number of carboxylic acid groups (broad SMARTS) is 1. The van der Waals surface area contributed by atoms with Crippen molar-refractivity contribution in [2.75, 3.05) is 13.1 Å². The summed E-state index contributed by atoms with van der Waals surface area (Å²) in [6, 6.07) is 5.51. The highest BCUT2D eigenvalue weighted by Crippen LogP contribution is 2.20. The van der Waals surface area contributed by atoms with Gasteiger partial charge in [-0.15, -0.1) is 0 Å². The number of hydrogen-bond donors (Lipinski definition) is 1. The maximum absolute atomic E-state index is 12.4. The molecule has 6 nitrogen and oxygen atoms in total. The first kappa shape index (κ1) is 11.7. The van der Waals surface area contributed by atoms with Crippen LogP contribution in [0.1, 0.15) is 16.8 Å². The Balaban J connectivity index is 1.87. The van der Waals surface area contributed by atoms with Crippen molar-refractivity contribution in [1.29, 1.82) is 0 Å². The average Bonchev–Trinajstić information content (AvgIpc) is 3.05. The predicted molar refractivity (Wildman–Crippen MR) is 66.8 cm³/mol. The van der Waals surface area contributed by atoms with Crippen molar-refractivity contribution >= 4 is 17.4 Å². The molecule has 3 rings (SSSR count). The molecule has 0 aliphatic carbocycles. The molecule has 19 heavy (non-hydrogen) atoms. The summed E-state index contributed by atoms with van der Waals surface area (Å²) in [7, 11) is 0. The smallest absolute Gasteiger partial charge is 0.308 e. The van der Waals surface area contributed by atoms with E-state index < -0.39 is 11.9 Å². The molecule has 0 saturated carbocycles. The summed E-state index contributed by atoms with van der Waals surface area (Å²) in [5.41, 5.74) is 1.26.